The monoisotopic (exact) mass is 420 g/mol. The molecule has 0 aromatic heterocycles. The molecule has 0 bridgehead atoms. The fourth-order valence-corrected chi connectivity index (χ4v) is 3.47. The summed E-state index contributed by atoms with van der Waals surface area (Å²) >= 11 is 0. The zero-order valence-corrected chi connectivity index (χ0v) is 16.8. The van der Waals surface area contributed by atoms with Gasteiger partial charge < -0.3 is 10.1 Å². The molecule has 0 radical (unpaired) electrons. The summed E-state index contributed by atoms with van der Waals surface area (Å²) in [7, 11) is 1.44. The van der Waals surface area contributed by atoms with Crippen molar-refractivity contribution >= 4 is 28.8 Å². The Balaban J connectivity index is 1.91. The highest BCUT2D eigenvalue weighted by Gasteiger charge is 2.42. The lowest BCUT2D eigenvalue weighted by molar-refractivity contribution is -0.120. The number of hydrogen-bond donors (Lipinski definition) is 1. The first-order valence-electron chi connectivity index (χ1n) is 9.46. The largest absolute Gasteiger partial charge is 0.496 e. The molecule has 0 saturated carbocycles. The Bertz CT molecular complexity index is 1240. The lowest BCUT2D eigenvalue weighted by atomic mass is 10.0. The molecule has 0 saturated heterocycles. The van der Waals surface area contributed by atoms with Crippen LogP contribution in [-0.4, -0.2) is 18.9 Å². The molecule has 5 nitrogen and oxygen atoms in total. The van der Waals surface area contributed by atoms with Crippen LogP contribution in [0.2, 0.25) is 0 Å². The van der Waals surface area contributed by atoms with Crippen molar-refractivity contribution in [2.75, 3.05) is 17.3 Å². The number of nitrogens with zero attached hydrogens (tertiary/aromatic N) is 1. The van der Waals surface area contributed by atoms with Crippen LogP contribution in [0.1, 0.15) is 11.1 Å². The van der Waals surface area contributed by atoms with Gasteiger partial charge in [0.1, 0.15) is 23.1 Å². The second-order valence-corrected chi connectivity index (χ2v) is 6.93. The van der Waals surface area contributed by atoms with Crippen molar-refractivity contribution in [3.05, 3.63) is 95.2 Å². The third-order valence-electron chi connectivity index (χ3n) is 5.01. The number of ether oxygens (including phenoxy) is 1. The van der Waals surface area contributed by atoms with Gasteiger partial charge in [0.15, 0.2) is 0 Å². The third-order valence-corrected chi connectivity index (χ3v) is 5.01. The van der Waals surface area contributed by atoms with Crippen molar-refractivity contribution in [1.29, 1.82) is 0 Å². The average molecular weight is 420 g/mol. The van der Waals surface area contributed by atoms with E-state index in [0.29, 0.717) is 21.9 Å². The molecule has 0 aliphatic carbocycles. The van der Waals surface area contributed by atoms with E-state index in [1.54, 1.807) is 36.4 Å². The summed E-state index contributed by atoms with van der Waals surface area (Å²) in [6, 6.07) is 16.5. The highest BCUT2D eigenvalue weighted by atomic mass is 19.1. The van der Waals surface area contributed by atoms with Crippen molar-refractivity contribution in [2.24, 2.45) is 0 Å². The molecule has 31 heavy (non-hydrogen) atoms. The number of hydrogen-bond acceptors (Lipinski definition) is 4. The minimum atomic E-state index is -0.889. The summed E-state index contributed by atoms with van der Waals surface area (Å²) < 4.78 is 33.7. The Kier molecular flexibility index (Phi) is 5.25. The lowest BCUT2D eigenvalue weighted by Gasteiger charge is -2.16. The maximum Gasteiger partial charge on any atom is 0.282 e. The third kappa shape index (κ3) is 3.54. The maximum atomic E-state index is 14.5. The number of nitrogens with one attached hydrogen (secondary N) is 1. The van der Waals surface area contributed by atoms with Gasteiger partial charge in [0, 0.05) is 17.3 Å². The predicted octanol–water partition coefficient (Wildman–Crippen LogP) is 4.68. The van der Waals surface area contributed by atoms with Crippen LogP contribution >= 0.6 is 0 Å². The van der Waals surface area contributed by atoms with Crippen LogP contribution in [0.4, 0.5) is 20.2 Å². The van der Waals surface area contributed by atoms with Gasteiger partial charge in [-0.15, -0.1) is 0 Å². The number of methoxy groups -OCH3 is 1. The van der Waals surface area contributed by atoms with E-state index >= 15 is 0 Å². The van der Waals surface area contributed by atoms with E-state index in [-0.39, 0.29) is 11.3 Å². The fourth-order valence-electron chi connectivity index (χ4n) is 3.47. The average Bonchev–Trinajstić information content (AvgIpc) is 3.00. The summed E-state index contributed by atoms with van der Waals surface area (Å²) in [4.78, 5) is 27.4. The zero-order valence-electron chi connectivity index (χ0n) is 16.8. The number of imide groups is 1. The number of para-hydroxylation sites is 2. The van der Waals surface area contributed by atoms with Crippen LogP contribution in [0.3, 0.4) is 0 Å². The molecule has 0 atom stereocenters. The first-order valence-corrected chi connectivity index (χ1v) is 9.46. The molecule has 1 aliphatic rings. The normalized spacial score (nSPS) is 13.7. The Hall–Kier alpha value is -4.00. The lowest BCUT2D eigenvalue weighted by Crippen LogP contribution is -2.33. The number of carbonyl (C=O) groups excluding carboxylic acids is 2. The van der Waals surface area contributed by atoms with Gasteiger partial charge in [-0.05, 0) is 36.8 Å². The van der Waals surface area contributed by atoms with Gasteiger partial charge in [-0.2, -0.15) is 0 Å². The molecule has 7 heteroatoms. The van der Waals surface area contributed by atoms with E-state index in [2.05, 4.69) is 5.32 Å². The molecule has 2 amide bonds. The van der Waals surface area contributed by atoms with Gasteiger partial charge in [-0.1, -0.05) is 36.4 Å². The molecular formula is C24H18F2N2O3. The van der Waals surface area contributed by atoms with Crippen LogP contribution in [0, 0.1) is 18.6 Å². The van der Waals surface area contributed by atoms with E-state index in [1.165, 1.54) is 7.11 Å². The Morgan fingerprint density at radius 1 is 0.903 bits per heavy atom. The van der Waals surface area contributed by atoms with Crippen LogP contribution in [0.5, 0.6) is 5.75 Å². The van der Waals surface area contributed by atoms with Crippen LogP contribution in [-0.2, 0) is 9.59 Å². The number of benzene rings is 3. The van der Waals surface area contributed by atoms with Crippen LogP contribution in [0.15, 0.2) is 72.4 Å². The summed E-state index contributed by atoms with van der Waals surface area (Å²) in [6.45, 7) is 1.84. The molecule has 156 valence electrons. The minimum Gasteiger partial charge on any atom is -0.496 e. The molecule has 1 aliphatic heterocycles. The SMILES string of the molecule is COc1ccccc1C1=C(Nc2ccccc2C)C(=O)N(c2cc(F)ccc2F)C1=O. The molecule has 3 aromatic carbocycles. The quantitative estimate of drug-likeness (QED) is 0.609. The van der Waals surface area contributed by atoms with Crippen molar-refractivity contribution in [1.82, 2.24) is 0 Å². The number of rotatable bonds is 5. The molecule has 0 spiro atoms. The Morgan fingerprint density at radius 2 is 1.61 bits per heavy atom. The maximum absolute atomic E-state index is 14.5. The van der Waals surface area contributed by atoms with Crippen molar-refractivity contribution < 1.29 is 23.1 Å². The number of anilines is 2. The Labute approximate surface area is 177 Å². The number of aryl methyl sites for hydroxylation is 1. The number of carbonyl (C=O) groups is 2. The fraction of sp³-hybridized carbons (Fsp3) is 0.0833. The van der Waals surface area contributed by atoms with Crippen molar-refractivity contribution in [2.45, 2.75) is 6.92 Å². The number of amides is 2. The summed E-state index contributed by atoms with van der Waals surface area (Å²) in [5.74, 6) is -2.87. The van der Waals surface area contributed by atoms with Gasteiger partial charge in [0.25, 0.3) is 11.8 Å². The molecule has 4 rings (SSSR count). The van der Waals surface area contributed by atoms with Crippen LogP contribution < -0.4 is 15.0 Å². The molecule has 1 heterocycles. The van der Waals surface area contributed by atoms with Gasteiger partial charge in [0.05, 0.1) is 18.4 Å². The van der Waals surface area contributed by atoms with E-state index in [1.807, 2.05) is 19.1 Å². The molecule has 1 N–H and O–H groups in total. The standard InChI is InChI=1S/C24H18F2N2O3/c1-14-7-3-5-9-18(14)27-22-21(16-8-4-6-10-20(16)31-2)23(29)28(24(22)30)19-13-15(25)11-12-17(19)26/h3-13,27H,1-2H3. The zero-order chi connectivity index (χ0) is 22.1. The van der Waals surface area contributed by atoms with Gasteiger partial charge in [0.2, 0.25) is 0 Å². The molecule has 0 unspecified atom stereocenters. The molecule has 0 fully saturated rings. The predicted molar refractivity (Wildman–Crippen MR) is 114 cm³/mol. The number of halogens is 2. The Morgan fingerprint density at radius 3 is 2.35 bits per heavy atom. The molecular weight excluding hydrogens is 402 g/mol. The summed E-state index contributed by atoms with van der Waals surface area (Å²) in [5, 5.41) is 3.02. The topological polar surface area (TPSA) is 58.6 Å². The molecule has 3 aromatic rings. The second-order valence-electron chi connectivity index (χ2n) is 6.93. The van der Waals surface area contributed by atoms with Gasteiger partial charge in [-0.25, -0.2) is 13.7 Å². The van der Waals surface area contributed by atoms with Crippen molar-refractivity contribution in [3.63, 3.8) is 0 Å². The van der Waals surface area contributed by atoms with E-state index in [0.717, 1.165) is 23.8 Å². The smallest absolute Gasteiger partial charge is 0.282 e. The van der Waals surface area contributed by atoms with E-state index in [9.17, 15) is 18.4 Å². The van der Waals surface area contributed by atoms with Gasteiger partial charge in [-0.3, -0.25) is 9.59 Å². The van der Waals surface area contributed by atoms with E-state index < -0.39 is 29.1 Å². The van der Waals surface area contributed by atoms with Crippen molar-refractivity contribution in [3.8, 4) is 5.75 Å². The van der Waals surface area contributed by atoms with Gasteiger partial charge >= 0.3 is 0 Å². The van der Waals surface area contributed by atoms with E-state index in [4.69, 9.17) is 4.74 Å². The minimum absolute atomic E-state index is 0.00867. The second kappa shape index (κ2) is 8.02. The first kappa shape index (κ1) is 20.3. The first-order chi connectivity index (χ1) is 14.9. The van der Waals surface area contributed by atoms with Crippen LogP contribution in [0.25, 0.3) is 5.57 Å². The summed E-state index contributed by atoms with van der Waals surface area (Å²) in [6.07, 6.45) is 0. The summed E-state index contributed by atoms with van der Waals surface area (Å²) in [5.41, 5.74) is 1.31. The highest BCUT2D eigenvalue weighted by molar-refractivity contribution is 6.46. The highest BCUT2D eigenvalue weighted by Crippen LogP contribution is 2.38.